The second kappa shape index (κ2) is 7.65. The van der Waals surface area contributed by atoms with E-state index in [0.717, 1.165) is 16.1 Å². The smallest absolute Gasteiger partial charge is 0.352 e. The molecule has 0 radical (unpaired) electrons. The van der Waals surface area contributed by atoms with Crippen LogP contribution in [-0.4, -0.2) is 27.8 Å². The Morgan fingerprint density at radius 3 is 2.62 bits per heavy atom. The largest absolute Gasteiger partial charge is 0.435 e. The highest BCUT2D eigenvalue weighted by Crippen LogP contribution is 2.30. The Labute approximate surface area is 141 Å². The van der Waals surface area contributed by atoms with Gasteiger partial charge in [-0.25, -0.2) is 4.98 Å². The minimum atomic E-state index is -4.48. The first-order chi connectivity index (χ1) is 11.3. The lowest BCUT2D eigenvalue weighted by Crippen LogP contribution is -2.36. The zero-order valence-corrected chi connectivity index (χ0v) is 14.4. The molecule has 0 bridgehead atoms. The van der Waals surface area contributed by atoms with Crippen LogP contribution in [0.1, 0.15) is 28.1 Å². The molecule has 0 aliphatic rings. The van der Waals surface area contributed by atoms with Crippen molar-refractivity contribution in [3.63, 3.8) is 0 Å². The average molecular weight is 360 g/mol. The van der Waals surface area contributed by atoms with E-state index in [1.807, 2.05) is 6.20 Å². The molecule has 2 aromatic rings. The maximum Gasteiger partial charge on any atom is 0.435 e. The number of hydrogen-bond donors (Lipinski definition) is 2. The first-order valence-electron chi connectivity index (χ1n) is 7.31. The van der Waals surface area contributed by atoms with E-state index in [1.165, 1.54) is 18.1 Å². The van der Waals surface area contributed by atoms with Gasteiger partial charge < -0.3 is 10.6 Å². The highest BCUT2D eigenvalue weighted by atomic mass is 32.1. The third kappa shape index (κ3) is 4.70. The maximum atomic E-state index is 12.9. The Kier molecular flexibility index (Phi) is 5.81. The number of aliphatic imine (C=N–C) groups is 1. The molecule has 6 nitrogen and oxygen atoms in total. The van der Waals surface area contributed by atoms with Crippen molar-refractivity contribution in [2.45, 2.75) is 32.6 Å². The van der Waals surface area contributed by atoms with Gasteiger partial charge in [-0.05, 0) is 6.42 Å². The minimum absolute atomic E-state index is 0.0273. The lowest BCUT2D eigenvalue weighted by molar-refractivity contribution is -0.142. The summed E-state index contributed by atoms with van der Waals surface area (Å²) in [5, 5.41) is 10.3. The summed E-state index contributed by atoms with van der Waals surface area (Å²) in [7, 11) is 3.02. The third-order valence-corrected chi connectivity index (χ3v) is 4.34. The van der Waals surface area contributed by atoms with Crippen LogP contribution >= 0.6 is 11.3 Å². The molecule has 0 aromatic carbocycles. The lowest BCUT2D eigenvalue weighted by Gasteiger charge is -2.11. The molecule has 2 rings (SSSR count). The van der Waals surface area contributed by atoms with Crippen molar-refractivity contribution in [2.24, 2.45) is 12.0 Å². The number of thiazole rings is 1. The van der Waals surface area contributed by atoms with Crippen LogP contribution in [0.15, 0.2) is 17.4 Å². The molecule has 0 saturated carbocycles. The zero-order valence-electron chi connectivity index (χ0n) is 13.6. The van der Waals surface area contributed by atoms with Crippen molar-refractivity contribution in [1.82, 2.24) is 25.4 Å². The average Bonchev–Trinajstić information content (AvgIpc) is 3.13. The summed E-state index contributed by atoms with van der Waals surface area (Å²) in [4.78, 5) is 9.46. The van der Waals surface area contributed by atoms with Gasteiger partial charge in [-0.2, -0.15) is 18.3 Å². The Balaban J connectivity index is 1.94. The van der Waals surface area contributed by atoms with Gasteiger partial charge >= 0.3 is 6.18 Å². The van der Waals surface area contributed by atoms with Gasteiger partial charge in [0.15, 0.2) is 11.7 Å². The van der Waals surface area contributed by atoms with Crippen LogP contribution in [-0.2, 0) is 32.7 Å². The minimum Gasteiger partial charge on any atom is -0.352 e. The first-order valence-corrected chi connectivity index (χ1v) is 8.13. The van der Waals surface area contributed by atoms with E-state index < -0.39 is 11.9 Å². The van der Waals surface area contributed by atoms with Gasteiger partial charge in [-0.15, -0.1) is 11.3 Å². The number of rotatable bonds is 5. The molecule has 132 valence electrons. The van der Waals surface area contributed by atoms with Crippen LogP contribution in [0.25, 0.3) is 0 Å². The normalized spacial score (nSPS) is 12.5. The summed E-state index contributed by atoms with van der Waals surface area (Å²) in [6, 6.07) is 0. The van der Waals surface area contributed by atoms with Crippen molar-refractivity contribution in [2.75, 3.05) is 7.05 Å². The monoisotopic (exact) mass is 360 g/mol. The molecule has 0 spiro atoms. The number of aromatic nitrogens is 3. The summed E-state index contributed by atoms with van der Waals surface area (Å²) in [5.74, 6) is 0.403. The number of nitrogens with zero attached hydrogens (tertiary/aromatic N) is 4. The molecule has 0 amide bonds. The molecule has 10 heteroatoms. The van der Waals surface area contributed by atoms with E-state index in [-0.39, 0.29) is 12.1 Å². The molecule has 2 N–H and O–H groups in total. The molecular formula is C14H19F3N6S. The summed E-state index contributed by atoms with van der Waals surface area (Å²) in [5.41, 5.74) is -0.823. The predicted molar refractivity (Wildman–Crippen MR) is 86.7 cm³/mol. The summed E-state index contributed by atoms with van der Waals surface area (Å²) >= 11 is 1.59. The highest BCUT2D eigenvalue weighted by Gasteiger charge is 2.36. The fraction of sp³-hybridized carbons (Fsp3) is 0.500. The van der Waals surface area contributed by atoms with Crippen LogP contribution in [0.2, 0.25) is 0 Å². The van der Waals surface area contributed by atoms with Gasteiger partial charge in [0.1, 0.15) is 5.01 Å². The molecule has 0 unspecified atom stereocenters. The SMILES string of the molecule is CCc1cnc(CNC(=NC)NCc2cn(C)nc2C(F)(F)F)s1. The molecule has 0 atom stereocenters. The summed E-state index contributed by atoms with van der Waals surface area (Å²) in [6.45, 7) is 2.49. The number of halogens is 3. The van der Waals surface area contributed by atoms with E-state index >= 15 is 0 Å². The first kappa shape index (κ1) is 18.2. The quantitative estimate of drug-likeness (QED) is 0.634. The number of guanidine groups is 1. The Hall–Kier alpha value is -2.10. The van der Waals surface area contributed by atoms with Crippen molar-refractivity contribution >= 4 is 17.3 Å². The maximum absolute atomic E-state index is 12.9. The van der Waals surface area contributed by atoms with Crippen molar-refractivity contribution < 1.29 is 13.2 Å². The Morgan fingerprint density at radius 2 is 2.04 bits per heavy atom. The van der Waals surface area contributed by atoms with Crippen LogP contribution in [0.3, 0.4) is 0 Å². The van der Waals surface area contributed by atoms with E-state index in [2.05, 4.69) is 32.6 Å². The van der Waals surface area contributed by atoms with Gasteiger partial charge in [0.05, 0.1) is 6.54 Å². The van der Waals surface area contributed by atoms with Gasteiger partial charge in [0.2, 0.25) is 0 Å². The molecule has 0 saturated heterocycles. The Bertz CT molecular complexity index is 704. The molecule has 24 heavy (non-hydrogen) atoms. The molecule has 0 aliphatic heterocycles. The predicted octanol–water partition coefficient (Wildman–Crippen LogP) is 2.32. The van der Waals surface area contributed by atoms with Gasteiger partial charge in [-0.3, -0.25) is 9.67 Å². The second-order valence-corrected chi connectivity index (χ2v) is 6.23. The molecule has 0 aliphatic carbocycles. The number of alkyl halides is 3. The van der Waals surface area contributed by atoms with Crippen molar-refractivity contribution in [3.8, 4) is 0 Å². The topological polar surface area (TPSA) is 67.1 Å². The van der Waals surface area contributed by atoms with Crippen molar-refractivity contribution in [3.05, 3.63) is 33.5 Å². The third-order valence-electron chi connectivity index (χ3n) is 3.20. The van der Waals surface area contributed by atoms with Crippen LogP contribution in [0, 0.1) is 0 Å². The van der Waals surface area contributed by atoms with Gasteiger partial charge in [-0.1, -0.05) is 6.92 Å². The van der Waals surface area contributed by atoms with Crippen LogP contribution in [0.5, 0.6) is 0 Å². The fourth-order valence-electron chi connectivity index (χ4n) is 2.06. The van der Waals surface area contributed by atoms with Gasteiger partial charge in [0.25, 0.3) is 0 Å². The van der Waals surface area contributed by atoms with E-state index in [1.54, 1.807) is 18.4 Å². The van der Waals surface area contributed by atoms with E-state index in [0.29, 0.717) is 12.5 Å². The lowest BCUT2D eigenvalue weighted by atomic mass is 10.2. The molecule has 2 aromatic heterocycles. The summed E-state index contributed by atoms with van der Waals surface area (Å²) in [6.07, 6.45) is -0.390. The Morgan fingerprint density at radius 1 is 1.33 bits per heavy atom. The second-order valence-electron chi connectivity index (χ2n) is 5.03. The van der Waals surface area contributed by atoms with E-state index in [9.17, 15) is 13.2 Å². The highest BCUT2D eigenvalue weighted by molar-refractivity contribution is 7.11. The number of aryl methyl sites for hydroxylation is 2. The zero-order chi connectivity index (χ0) is 17.7. The fourth-order valence-corrected chi connectivity index (χ4v) is 2.86. The molecular weight excluding hydrogens is 341 g/mol. The van der Waals surface area contributed by atoms with Crippen molar-refractivity contribution in [1.29, 1.82) is 0 Å². The van der Waals surface area contributed by atoms with Crippen LogP contribution < -0.4 is 10.6 Å². The van der Waals surface area contributed by atoms with Crippen LogP contribution in [0.4, 0.5) is 13.2 Å². The molecule has 2 heterocycles. The number of hydrogen-bond acceptors (Lipinski definition) is 4. The van der Waals surface area contributed by atoms with Gasteiger partial charge in [0, 0.05) is 43.5 Å². The summed E-state index contributed by atoms with van der Waals surface area (Å²) < 4.78 is 39.9. The van der Waals surface area contributed by atoms with E-state index in [4.69, 9.17) is 0 Å². The number of nitrogens with one attached hydrogen (secondary N) is 2. The standard InChI is InChI=1S/C14H19F3N6S/c1-4-10-6-19-11(24-10)7-21-13(18-2)20-5-9-8-23(3)22-12(9)14(15,16)17/h6,8H,4-5,7H2,1-3H3,(H2,18,20,21). The molecule has 0 fully saturated rings.